The molecule has 0 unspecified atom stereocenters. The van der Waals surface area contributed by atoms with Crippen molar-refractivity contribution >= 4 is 23.6 Å². The fourth-order valence-corrected chi connectivity index (χ4v) is 2.62. The van der Waals surface area contributed by atoms with Crippen molar-refractivity contribution in [3.63, 3.8) is 0 Å². The van der Waals surface area contributed by atoms with E-state index in [-0.39, 0.29) is 17.3 Å². The molecule has 0 aliphatic heterocycles. The van der Waals surface area contributed by atoms with Gasteiger partial charge >= 0.3 is 12.0 Å². The van der Waals surface area contributed by atoms with E-state index in [2.05, 4.69) is 26.1 Å². The quantitative estimate of drug-likeness (QED) is 0.482. The van der Waals surface area contributed by atoms with E-state index in [1.54, 1.807) is 48.5 Å². The molecule has 1 heterocycles. The lowest BCUT2D eigenvalue weighted by molar-refractivity contribution is 0.0953. The van der Waals surface area contributed by atoms with Gasteiger partial charge in [0.2, 0.25) is 5.89 Å². The zero-order valence-corrected chi connectivity index (χ0v) is 18.6. The highest BCUT2D eigenvalue weighted by atomic mass is 16.5. The van der Waals surface area contributed by atoms with Gasteiger partial charge in [0.05, 0.1) is 0 Å². The normalized spacial score (nSPS) is 11.0. The average Bonchev–Trinajstić information content (AvgIpc) is 3.22. The van der Waals surface area contributed by atoms with Gasteiger partial charge in [-0.25, -0.2) is 4.79 Å². The second-order valence-electron chi connectivity index (χ2n) is 8.15. The van der Waals surface area contributed by atoms with Crippen molar-refractivity contribution in [3.05, 3.63) is 60.0 Å². The molecule has 9 heteroatoms. The number of hydrogen-bond donors (Lipinski definition) is 3. The van der Waals surface area contributed by atoms with Gasteiger partial charge in [-0.1, -0.05) is 38.9 Å². The van der Waals surface area contributed by atoms with Crippen molar-refractivity contribution < 1.29 is 18.7 Å². The second-order valence-corrected chi connectivity index (χ2v) is 8.15. The predicted molar refractivity (Wildman–Crippen MR) is 121 cm³/mol. The molecule has 168 valence electrons. The van der Waals surface area contributed by atoms with E-state index in [0.717, 1.165) is 6.42 Å². The van der Waals surface area contributed by atoms with Gasteiger partial charge < -0.3 is 19.8 Å². The first-order valence-electron chi connectivity index (χ1n) is 10.3. The number of carbonyl (C=O) groups excluding carboxylic acids is 2. The summed E-state index contributed by atoms with van der Waals surface area (Å²) >= 11 is 0. The number of urea groups is 1. The monoisotopic (exact) mass is 437 g/mol. The third-order valence-electron chi connectivity index (χ3n) is 4.27. The molecule has 0 aliphatic rings. The summed E-state index contributed by atoms with van der Waals surface area (Å²) in [4.78, 5) is 24.3. The van der Waals surface area contributed by atoms with Crippen LogP contribution in [-0.4, -0.2) is 28.7 Å². The molecule has 2 aromatic carbocycles. The summed E-state index contributed by atoms with van der Waals surface area (Å²) < 4.78 is 11.3. The van der Waals surface area contributed by atoms with Crippen molar-refractivity contribution in [1.29, 1.82) is 0 Å². The molecular formula is C23H27N5O4. The van der Waals surface area contributed by atoms with E-state index < -0.39 is 6.03 Å². The zero-order valence-electron chi connectivity index (χ0n) is 18.6. The Kier molecular flexibility index (Phi) is 7.09. The van der Waals surface area contributed by atoms with Crippen LogP contribution in [0, 0.1) is 0 Å². The van der Waals surface area contributed by atoms with E-state index >= 15 is 0 Å². The van der Waals surface area contributed by atoms with Crippen LogP contribution in [0.25, 0.3) is 0 Å². The Labute approximate surface area is 186 Å². The van der Waals surface area contributed by atoms with Crippen LogP contribution in [0.5, 0.6) is 11.5 Å². The summed E-state index contributed by atoms with van der Waals surface area (Å²) in [6.45, 7) is 8.43. The summed E-state index contributed by atoms with van der Waals surface area (Å²) in [5.74, 6) is 1.40. The van der Waals surface area contributed by atoms with Gasteiger partial charge in [-0.2, -0.15) is 0 Å². The first-order chi connectivity index (χ1) is 15.2. The summed E-state index contributed by atoms with van der Waals surface area (Å²) in [5, 5.41) is 15.8. The van der Waals surface area contributed by atoms with Crippen LogP contribution >= 0.6 is 0 Å². The first-order valence-corrected chi connectivity index (χ1v) is 10.3. The van der Waals surface area contributed by atoms with Crippen LogP contribution in [0.1, 0.15) is 50.4 Å². The lowest BCUT2D eigenvalue weighted by atomic mass is 9.97. The standard InChI is InChI=1S/C23H27N5O4/c1-5-13-24-19(29)15-7-6-8-18(14-15)31-17-11-9-16(10-12-17)25-21(30)26-22-28-27-20(32-22)23(2,3)4/h6-12,14H,5,13H2,1-4H3,(H,24,29)(H2,25,26,28,30). The number of nitrogens with one attached hydrogen (secondary N) is 3. The fraction of sp³-hybridized carbons (Fsp3) is 0.304. The minimum absolute atomic E-state index is 0.0234. The van der Waals surface area contributed by atoms with Crippen molar-refractivity contribution in [3.8, 4) is 11.5 Å². The Morgan fingerprint density at radius 3 is 2.41 bits per heavy atom. The largest absolute Gasteiger partial charge is 0.457 e. The molecule has 0 fully saturated rings. The van der Waals surface area contributed by atoms with Crippen LogP contribution in [0.4, 0.5) is 16.5 Å². The van der Waals surface area contributed by atoms with Gasteiger partial charge in [0.15, 0.2) is 0 Å². The lowest BCUT2D eigenvalue weighted by Crippen LogP contribution is -2.23. The molecule has 0 radical (unpaired) electrons. The van der Waals surface area contributed by atoms with Crippen LogP contribution in [0.3, 0.4) is 0 Å². The molecule has 3 N–H and O–H groups in total. The van der Waals surface area contributed by atoms with Crippen molar-refractivity contribution in [1.82, 2.24) is 15.5 Å². The number of carbonyl (C=O) groups is 2. The molecule has 0 aliphatic carbocycles. The van der Waals surface area contributed by atoms with Gasteiger partial charge in [0.25, 0.3) is 5.91 Å². The molecule has 3 rings (SSSR count). The van der Waals surface area contributed by atoms with Gasteiger partial charge in [0, 0.05) is 23.2 Å². The van der Waals surface area contributed by atoms with Gasteiger partial charge in [0.1, 0.15) is 11.5 Å². The fourth-order valence-electron chi connectivity index (χ4n) is 2.62. The van der Waals surface area contributed by atoms with Crippen LogP contribution < -0.4 is 20.7 Å². The highest BCUT2D eigenvalue weighted by Gasteiger charge is 2.22. The highest BCUT2D eigenvalue weighted by Crippen LogP contribution is 2.25. The first kappa shape index (κ1) is 22.8. The SMILES string of the molecule is CCCNC(=O)c1cccc(Oc2ccc(NC(=O)Nc3nnc(C(C)(C)C)o3)cc2)c1. The van der Waals surface area contributed by atoms with Gasteiger partial charge in [-0.3, -0.25) is 10.1 Å². The van der Waals surface area contributed by atoms with E-state index in [0.29, 0.717) is 35.2 Å². The molecule has 32 heavy (non-hydrogen) atoms. The van der Waals surface area contributed by atoms with E-state index in [9.17, 15) is 9.59 Å². The number of ether oxygens (including phenoxy) is 1. The minimum Gasteiger partial charge on any atom is -0.457 e. The topological polar surface area (TPSA) is 118 Å². The molecule has 9 nitrogen and oxygen atoms in total. The number of rotatable bonds is 7. The smallest absolute Gasteiger partial charge is 0.327 e. The number of aromatic nitrogens is 2. The summed E-state index contributed by atoms with van der Waals surface area (Å²) in [5.41, 5.74) is 0.776. The molecular weight excluding hydrogens is 410 g/mol. The molecule has 3 aromatic rings. The third-order valence-corrected chi connectivity index (χ3v) is 4.27. The van der Waals surface area contributed by atoms with Crippen LogP contribution in [0.2, 0.25) is 0 Å². The Hall–Kier alpha value is -3.88. The second kappa shape index (κ2) is 9.95. The average molecular weight is 438 g/mol. The van der Waals surface area contributed by atoms with E-state index in [1.807, 2.05) is 27.7 Å². The summed E-state index contributed by atoms with van der Waals surface area (Å²) in [7, 11) is 0. The number of benzene rings is 2. The van der Waals surface area contributed by atoms with Crippen molar-refractivity contribution in [2.75, 3.05) is 17.2 Å². The highest BCUT2D eigenvalue weighted by molar-refractivity contribution is 5.98. The predicted octanol–water partition coefficient (Wildman–Crippen LogP) is 4.94. The molecule has 0 bridgehead atoms. The molecule has 0 saturated carbocycles. The Morgan fingerprint density at radius 1 is 1.00 bits per heavy atom. The molecule has 1 aromatic heterocycles. The number of hydrogen-bond acceptors (Lipinski definition) is 6. The molecule has 0 atom stereocenters. The Morgan fingerprint density at radius 2 is 1.75 bits per heavy atom. The van der Waals surface area contributed by atoms with Gasteiger partial charge in [-0.05, 0) is 48.9 Å². The Bertz CT molecular complexity index is 1070. The van der Waals surface area contributed by atoms with E-state index in [4.69, 9.17) is 9.15 Å². The Balaban J connectivity index is 1.56. The van der Waals surface area contributed by atoms with Crippen LogP contribution in [0.15, 0.2) is 52.9 Å². The molecule has 3 amide bonds. The zero-order chi connectivity index (χ0) is 23.1. The maximum Gasteiger partial charge on any atom is 0.327 e. The molecule has 0 saturated heterocycles. The summed E-state index contributed by atoms with van der Waals surface area (Å²) in [6, 6.07) is 13.3. The van der Waals surface area contributed by atoms with Crippen molar-refractivity contribution in [2.24, 2.45) is 0 Å². The van der Waals surface area contributed by atoms with E-state index in [1.165, 1.54) is 0 Å². The maximum absolute atomic E-state index is 12.2. The van der Waals surface area contributed by atoms with Crippen LogP contribution in [-0.2, 0) is 5.41 Å². The maximum atomic E-state index is 12.2. The summed E-state index contributed by atoms with van der Waals surface area (Å²) in [6.07, 6.45) is 0.868. The molecule has 0 spiro atoms. The van der Waals surface area contributed by atoms with Crippen molar-refractivity contribution in [2.45, 2.75) is 39.5 Å². The van der Waals surface area contributed by atoms with Gasteiger partial charge in [-0.15, -0.1) is 5.10 Å². The third kappa shape index (κ3) is 6.31. The number of anilines is 2. The number of nitrogens with zero attached hydrogens (tertiary/aromatic N) is 2. The lowest BCUT2D eigenvalue weighted by Gasteiger charge is -2.11. The number of amides is 3. The minimum atomic E-state index is -0.506.